The van der Waals surface area contributed by atoms with Crippen LogP contribution in [0.4, 0.5) is 0 Å². The normalized spacial score (nSPS) is 18.9. The first-order valence-corrected chi connectivity index (χ1v) is 9.21. The fourth-order valence-electron chi connectivity index (χ4n) is 2.73. The Morgan fingerprint density at radius 2 is 2.04 bits per heavy atom. The summed E-state index contributed by atoms with van der Waals surface area (Å²) in [4.78, 5) is 34.7. The fraction of sp³-hybridized carbons (Fsp3) is 0.550. The van der Waals surface area contributed by atoms with E-state index < -0.39 is 24.5 Å². The summed E-state index contributed by atoms with van der Waals surface area (Å²) in [5.74, 6) is -1.03. The van der Waals surface area contributed by atoms with Crippen molar-refractivity contribution in [1.82, 2.24) is 0 Å². The summed E-state index contributed by atoms with van der Waals surface area (Å²) in [6.45, 7) is 2.08. The zero-order valence-corrected chi connectivity index (χ0v) is 15.5. The molecule has 1 aromatic rings. The Morgan fingerprint density at radius 3 is 2.67 bits per heavy atom. The molecule has 1 aromatic carbocycles. The highest BCUT2D eigenvalue weighted by Gasteiger charge is 2.30. The molecule has 2 unspecified atom stereocenters. The molecule has 0 N–H and O–H groups in total. The molecule has 0 aromatic heterocycles. The molecule has 27 heavy (non-hydrogen) atoms. The van der Waals surface area contributed by atoms with E-state index in [4.69, 9.17) is 18.9 Å². The van der Waals surface area contributed by atoms with E-state index in [2.05, 4.69) is 0 Å². The summed E-state index contributed by atoms with van der Waals surface area (Å²) in [5.41, 5.74) is 0.640. The smallest absolute Gasteiger partial charge is 0.340 e. The second-order valence-corrected chi connectivity index (χ2v) is 6.32. The minimum Gasteiger partial charge on any atom is -0.466 e. The minimum absolute atomic E-state index is 0.172. The zero-order valence-electron chi connectivity index (χ0n) is 15.5. The van der Waals surface area contributed by atoms with E-state index in [0.717, 1.165) is 12.8 Å². The maximum absolute atomic E-state index is 12.7. The third-order valence-electron chi connectivity index (χ3n) is 4.10. The van der Waals surface area contributed by atoms with Crippen LogP contribution in [0.2, 0.25) is 0 Å². The minimum atomic E-state index is -0.967. The van der Waals surface area contributed by atoms with E-state index in [9.17, 15) is 14.4 Å². The van der Waals surface area contributed by atoms with Crippen LogP contribution in [0.5, 0.6) is 0 Å². The number of esters is 2. The number of aldehydes is 1. The van der Waals surface area contributed by atoms with Gasteiger partial charge in [0.2, 0.25) is 0 Å². The predicted molar refractivity (Wildman–Crippen MR) is 95.7 cm³/mol. The van der Waals surface area contributed by atoms with Gasteiger partial charge in [0.15, 0.2) is 24.8 Å². The predicted octanol–water partition coefficient (Wildman–Crippen LogP) is 2.72. The van der Waals surface area contributed by atoms with Gasteiger partial charge in [0.1, 0.15) is 0 Å². The van der Waals surface area contributed by atoms with Crippen molar-refractivity contribution < 1.29 is 33.3 Å². The van der Waals surface area contributed by atoms with Crippen LogP contribution in [0.15, 0.2) is 30.3 Å². The third kappa shape index (κ3) is 7.48. The Labute approximate surface area is 158 Å². The van der Waals surface area contributed by atoms with Crippen LogP contribution in [0.1, 0.15) is 50.7 Å². The monoisotopic (exact) mass is 378 g/mol. The average molecular weight is 378 g/mol. The van der Waals surface area contributed by atoms with Crippen LogP contribution < -0.4 is 0 Å². The highest BCUT2D eigenvalue weighted by Crippen LogP contribution is 2.25. The van der Waals surface area contributed by atoms with Gasteiger partial charge in [0, 0.05) is 13.5 Å². The van der Waals surface area contributed by atoms with Crippen molar-refractivity contribution in [2.75, 3.05) is 13.2 Å². The Balaban J connectivity index is 1.96. The highest BCUT2D eigenvalue weighted by atomic mass is 16.7. The van der Waals surface area contributed by atoms with E-state index in [0.29, 0.717) is 31.3 Å². The molecule has 0 saturated carbocycles. The standard InChI is InChI=1S/C20H26O7/c1-15(22)24-13-7-10-17(14-21)26-20(23)19(16-8-3-2-4-9-16)27-18-11-5-6-12-25-18/h2-4,8-9,14,17-19H,5-7,10-13H2,1H3/t17?,18?,19-/m0/s1. The van der Waals surface area contributed by atoms with Gasteiger partial charge < -0.3 is 18.9 Å². The summed E-state index contributed by atoms with van der Waals surface area (Å²) >= 11 is 0. The summed E-state index contributed by atoms with van der Waals surface area (Å²) in [5, 5.41) is 0. The summed E-state index contributed by atoms with van der Waals surface area (Å²) < 4.78 is 21.6. The van der Waals surface area contributed by atoms with Crippen molar-refractivity contribution in [3.05, 3.63) is 35.9 Å². The van der Waals surface area contributed by atoms with Crippen LogP contribution in [0, 0.1) is 0 Å². The molecule has 0 amide bonds. The molecule has 0 spiro atoms. The number of carbonyl (C=O) groups excluding carboxylic acids is 3. The molecule has 7 nitrogen and oxygen atoms in total. The zero-order chi connectivity index (χ0) is 19.5. The fourth-order valence-corrected chi connectivity index (χ4v) is 2.73. The van der Waals surface area contributed by atoms with Crippen LogP contribution in [-0.2, 0) is 33.3 Å². The number of ether oxygens (including phenoxy) is 4. The molecule has 7 heteroatoms. The Morgan fingerprint density at radius 1 is 1.26 bits per heavy atom. The van der Waals surface area contributed by atoms with Crippen molar-refractivity contribution >= 4 is 18.2 Å². The van der Waals surface area contributed by atoms with E-state index in [1.165, 1.54) is 6.92 Å². The maximum Gasteiger partial charge on any atom is 0.340 e. The molecule has 3 atom stereocenters. The summed E-state index contributed by atoms with van der Waals surface area (Å²) in [7, 11) is 0. The van der Waals surface area contributed by atoms with E-state index in [-0.39, 0.29) is 19.0 Å². The molecule has 1 heterocycles. The van der Waals surface area contributed by atoms with Crippen molar-refractivity contribution in [2.45, 2.75) is 57.5 Å². The molecular formula is C20H26O7. The van der Waals surface area contributed by atoms with Gasteiger partial charge in [0.05, 0.1) is 6.61 Å². The number of benzene rings is 1. The lowest BCUT2D eigenvalue weighted by molar-refractivity contribution is -0.207. The van der Waals surface area contributed by atoms with Crippen LogP contribution in [0.25, 0.3) is 0 Å². The molecule has 0 bridgehead atoms. The van der Waals surface area contributed by atoms with Gasteiger partial charge in [-0.05, 0) is 37.7 Å². The van der Waals surface area contributed by atoms with Crippen LogP contribution in [0.3, 0.4) is 0 Å². The van der Waals surface area contributed by atoms with Gasteiger partial charge in [-0.2, -0.15) is 0 Å². The SMILES string of the molecule is CC(=O)OCCCC(C=O)OC(=O)[C@@H](OC1CCCCO1)c1ccccc1. The summed E-state index contributed by atoms with van der Waals surface area (Å²) in [6, 6.07) is 8.98. The molecular weight excluding hydrogens is 352 g/mol. The molecule has 1 fully saturated rings. The molecule has 0 aliphatic carbocycles. The van der Waals surface area contributed by atoms with Crippen LogP contribution in [-0.4, -0.2) is 43.8 Å². The second kappa shape index (κ2) is 11.5. The Kier molecular flexibility index (Phi) is 8.94. The first kappa shape index (κ1) is 21.1. The second-order valence-electron chi connectivity index (χ2n) is 6.32. The van der Waals surface area contributed by atoms with Gasteiger partial charge in [-0.1, -0.05) is 30.3 Å². The Bertz CT molecular complexity index is 596. The van der Waals surface area contributed by atoms with Crippen molar-refractivity contribution in [3.63, 3.8) is 0 Å². The molecule has 148 valence electrons. The molecule has 1 aliphatic rings. The highest BCUT2D eigenvalue weighted by molar-refractivity contribution is 5.78. The molecule has 2 rings (SSSR count). The lowest BCUT2D eigenvalue weighted by atomic mass is 10.1. The molecule has 1 saturated heterocycles. The van der Waals surface area contributed by atoms with E-state index in [1.807, 2.05) is 6.07 Å². The number of carbonyl (C=O) groups is 3. The molecule has 1 aliphatic heterocycles. The first-order valence-electron chi connectivity index (χ1n) is 9.21. The van der Waals surface area contributed by atoms with Gasteiger partial charge in [-0.3, -0.25) is 9.59 Å². The number of rotatable bonds is 10. The average Bonchev–Trinajstić information content (AvgIpc) is 2.69. The van der Waals surface area contributed by atoms with Gasteiger partial charge in [-0.15, -0.1) is 0 Å². The van der Waals surface area contributed by atoms with Crippen LogP contribution >= 0.6 is 0 Å². The van der Waals surface area contributed by atoms with Gasteiger partial charge in [-0.25, -0.2) is 4.79 Å². The third-order valence-corrected chi connectivity index (χ3v) is 4.10. The van der Waals surface area contributed by atoms with Crippen molar-refractivity contribution in [3.8, 4) is 0 Å². The number of hydrogen-bond acceptors (Lipinski definition) is 7. The van der Waals surface area contributed by atoms with Gasteiger partial charge in [0.25, 0.3) is 0 Å². The lowest BCUT2D eigenvalue weighted by Gasteiger charge is -2.27. The number of hydrogen-bond donors (Lipinski definition) is 0. The van der Waals surface area contributed by atoms with E-state index >= 15 is 0 Å². The summed E-state index contributed by atoms with van der Waals surface area (Å²) in [6.07, 6.45) is 1.53. The lowest BCUT2D eigenvalue weighted by Crippen LogP contribution is -2.31. The first-order chi connectivity index (χ1) is 13.1. The molecule has 0 radical (unpaired) electrons. The van der Waals surface area contributed by atoms with Crippen molar-refractivity contribution in [2.24, 2.45) is 0 Å². The maximum atomic E-state index is 12.7. The Hall–Kier alpha value is -2.25. The van der Waals surface area contributed by atoms with Gasteiger partial charge >= 0.3 is 11.9 Å². The quantitative estimate of drug-likeness (QED) is 0.351. The topological polar surface area (TPSA) is 88.1 Å². The largest absolute Gasteiger partial charge is 0.466 e. The van der Waals surface area contributed by atoms with E-state index in [1.54, 1.807) is 24.3 Å². The van der Waals surface area contributed by atoms with Crippen molar-refractivity contribution in [1.29, 1.82) is 0 Å².